The van der Waals surface area contributed by atoms with Crippen LogP contribution >= 0.6 is 23.5 Å². The number of thioether (sulfide) groups is 2. The zero-order valence-electron chi connectivity index (χ0n) is 15.9. The third-order valence-corrected chi connectivity index (χ3v) is 7.11. The molecule has 2 heterocycles. The summed E-state index contributed by atoms with van der Waals surface area (Å²) < 4.78 is 0. The van der Waals surface area contributed by atoms with Gasteiger partial charge in [-0.2, -0.15) is 0 Å². The van der Waals surface area contributed by atoms with Gasteiger partial charge in [0.25, 0.3) is 0 Å². The van der Waals surface area contributed by atoms with Crippen LogP contribution in [0.5, 0.6) is 0 Å². The van der Waals surface area contributed by atoms with Gasteiger partial charge in [-0.3, -0.25) is 4.79 Å². The van der Waals surface area contributed by atoms with E-state index in [1.54, 1.807) is 0 Å². The molecule has 0 spiro atoms. The van der Waals surface area contributed by atoms with Crippen molar-refractivity contribution in [1.29, 1.82) is 0 Å². The second kappa shape index (κ2) is 8.01. The van der Waals surface area contributed by atoms with Gasteiger partial charge >= 0.3 is 0 Å². The summed E-state index contributed by atoms with van der Waals surface area (Å²) in [6, 6.07) is 5.97. The monoisotopic (exact) mass is 387 g/mol. The van der Waals surface area contributed by atoms with Gasteiger partial charge in [-0.15, -0.1) is 11.8 Å². The Morgan fingerprint density at radius 1 is 1.27 bits per heavy atom. The van der Waals surface area contributed by atoms with E-state index >= 15 is 0 Å². The van der Waals surface area contributed by atoms with E-state index in [2.05, 4.69) is 42.1 Å². The number of anilines is 1. The van der Waals surface area contributed by atoms with Crippen molar-refractivity contribution >= 4 is 35.1 Å². The minimum Gasteiger partial charge on any atom is -0.325 e. The van der Waals surface area contributed by atoms with Crippen molar-refractivity contribution in [2.24, 2.45) is 0 Å². The van der Waals surface area contributed by atoms with E-state index in [4.69, 9.17) is 0 Å². The number of nitrogens with one attached hydrogen (secondary N) is 1. The predicted molar refractivity (Wildman–Crippen MR) is 110 cm³/mol. The van der Waals surface area contributed by atoms with E-state index in [0.29, 0.717) is 16.9 Å². The van der Waals surface area contributed by atoms with Gasteiger partial charge in [0, 0.05) is 22.4 Å². The number of hydrogen-bond donors (Lipinski definition) is 1. The van der Waals surface area contributed by atoms with Gasteiger partial charge in [0.05, 0.1) is 5.75 Å². The number of amides is 1. The van der Waals surface area contributed by atoms with Gasteiger partial charge in [0.1, 0.15) is 15.9 Å². The van der Waals surface area contributed by atoms with E-state index in [-0.39, 0.29) is 5.91 Å². The van der Waals surface area contributed by atoms with E-state index < -0.39 is 0 Å². The van der Waals surface area contributed by atoms with Gasteiger partial charge < -0.3 is 5.32 Å². The molecule has 1 aliphatic rings. The second-order valence-electron chi connectivity index (χ2n) is 6.72. The highest BCUT2D eigenvalue weighted by Gasteiger charge is 2.33. The molecule has 0 saturated carbocycles. The third kappa shape index (κ3) is 3.91. The first-order valence-electron chi connectivity index (χ1n) is 8.94. The van der Waals surface area contributed by atoms with E-state index in [9.17, 15) is 4.79 Å². The SMILES string of the molecule is CC[C@H]1c2c(SCC(=O)Nc3cccc(C)c3C)nc(C)nc2S[C@@H]1C. The molecule has 3 rings (SSSR count). The lowest BCUT2D eigenvalue weighted by molar-refractivity contribution is -0.113. The molecule has 1 amide bonds. The Labute approximate surface area is 164 Å². The van der Waals surface area contributed by atoms with Crippen molar-refractivity contribution in [3.05, 3.63) is 40.7 Å². The number of fused-ring (bicyclic) bond motifs is 1. The number of nitrogens with zero attached hydrogens (tertiary/aromatic N) is 2. The Bertz CT molecular complexity index is 838. The summed E-state index contributed by atoms with van der Waals surface area (Å²) in [6.07, 6.45) is 1.07. The number of aromatic nitrogens is 2. The molecule has 2 aromatic rings. The van der Waals surface area contributed by atoms with Crippen molar-refractivity contribution in [3.63, 3.8) is 0 Å². The van der Waals surface area contributed by atoms with Gasteiger partial charge in [-0.25, -0.2) is 9.97 Å². The Balaban J connectivity index is 1.74. The quantitative estimate of drug-likeness (QED) is 0.570. The van der Waals surface area contributed by atoms with E-state index in [1.807, 2.05) is 37.7 Å². The fraction of sp³-hybridized carbons (Fsp3) is 0.450. The highest BCUT2D eigenvalue weighted by molar-refractivity contribution is 8.01. The molecule has 138 valence electrons. The molecule has 0 radical (unpaired) electrons. The molecule has 0 saturated heterocycles. The standard InChI is InChI=1S/C20H25N3OS2/c1-6-15-13(4)26-20-18(15)19(21-14(5)22-20)25-10-17(24)23-16-9-7-8-11(2)12(16)3/h7-9,13,15H,6,10H2,1-5H3,(H,23,24)/t13-,15-/m1/s1. The van der Waals surface area contributed by atoms with Crippen molar-refractivity contribution in [1.82, 2.24) is 9.97 Å². The average molecular weight is 388 g/mol. The number of carbonyl (C=O) groups excluding carboxylic acids is 1. The summed E-state index contributed by atoms with van der Waals surface area (Å²) in [5, 5.41) is 5.59. The Kier molecular flexibility index (Phi) is 5.92. The molecule has 0 fully saturated rings. The first-order chi connectivity index (χ1) is 12.4. The summed E-state index contributed by atoms with van der Waals surface area (Å²) in [5.74, 6) is 1.59. The van der Waals surface area contributed by atoms with E-state index in [0.717, 1.165) is 33.5 Å². The molecule has 1 aromatic carbocycles. The Morgan fingerprint density at radius 3 is 2.77 bits per heavy atom. The molecule has 6 heteroatoms. The summed E-state index contributed by atoms with van der Waals surface area (Å²) >= 11 is 3.35. The topological polar surface area (TPSA) is 54.9 Å². The fourth-order valence-corrected chi connectivity index (χ4v) is 5.69. The molecule has 0 aliphatic carbocycles. The van der Waals surface area contributed by atoms with Gasteiger partial charge in [-0.1, -0.05) is 37.7 Å². The van der Waals surface area contributed by atoms with Crippen LogP contribution in [0.15, 0.2) is 28.3 Å². The molecule has 0 unspecified atom stereocenters. The van der Waals surface area contributed by atoms with Crippen LogP contribution in [0.25, 0.3) is 0 Å². The number of aryl methyl sites for hydroxylation is 2. The highest BCUT2D eigenvalue weighted by atomic mass is 32.2. The lowest BCUT2D eigenvalue weighted by Crippen LogP contribution is -2.16. The average Bonchev–Trinajstić information content (AvgIpc) is 2.91. The maximum Gasteiger partial charge on any atom is 0.234 e. The molecule has 1 aliphatic heterocycles. The minimum absolute atomic E-state index is 0.000428. The lowest BCUT2D eigenvalue weighted by Gasteiger charge is -2.15. The van der Waals surface area contributed by atoms with E-state index in [1.165, 1.54) is 22.9 Å². The van der Waals surface area contributed by atoms with Crippen LogP contribution < -0.4 is 5.32 Å². The van der Waals surface area contributed by atoms with Crippen LogP contribution in [0.4, 0.5) is 5.69 Å². The van der Waals surface area contributed by atoms with Crippen LogP contribution in [-0.4, -0.2) is 26.9 Å². The van der Waals surface area contributed by atoms with Crippen LogP contribution in [-0.2, 0) is 4.79 Å². The summed E-state index contributed by atoms with van der Waals surface area (Å²) in [4.78, 5) is 21.7. The Morgan fingerprint density at radius 2 is 2.04 bits per heavy atom. The van der Waals surface area contributed by atoms with Crippen LogP contribution in [0.3, 0.4) is 0 Å². The maximum atomic E-state index is 12.5. The molecular formula is C20H25N3OS2. The number of carbonyl (C=O) groups is 1. The Hall–Kier alpha value is -1.53. The fourth-order valence-electron chi connectivity index (χ4n) is 3.28. The molecule has 4 nitrogen and oxygen atoms in total. The smallest absolute Gasteiger partial charge is 0.234 e. The zero-order valence-corrected chi connectivity index (χ0v) is 17.6. The number of benzene rings is 1. The van der Waals surface area contributed by atoms with Crippen LogP contribution in [0, 0.1) is 20.8 Å². The van der Waals surface area contributed by atoms with Gasteiger partial charge in [0.15, 0.2) is 0 Å². The van der Waals surface area contributed by atoms with Crippen molar-refractivity contribution in [2.75, 3.05) is 11.1 Å². The van der Waals surface area contributed by atoms with Crippen molar-refractivity contribution in [3.8, 4) is 0 Å². The summed E-state index contributed by atoms with van der Waals surface area (Å²) in [7, 11) is 0. The molecule has 1 aromatic heterocycles. The second-order valence-corrected chi connectivity index (χ2v) is 9.05. The van der Waals surface area contributed by atoms with Gasteiger partial charge in [0.2, 0.25) is 5.91 Å². The van der Waals surface area contributed by atoms with Crippen LogP contribution in [0.1, 0.15) is 48.7 Å². The third-order valence-electron chi connectivity index (χ3n) is 4.88. The molecule has 1 N–H and O–H groups in total. The predicted octanol–water partition coefficient (Wildman–Crippen LogP) is 5.12. The highest BCUT2D eigenvalue weighted by Crippen LogP contribution is 2.48. The number of rotatable bonds is 5. The molecular weight excluding hydrogens is 362 g/mol. The van der Waals surface area contributed by atoms with Crippen molar-refractivity contribution < 1.29 is 4.79 Å². The zero-order chi connectivity index (χ0) is 18.8. The van der Waals surface area contributed by atoms with Gasteiger partial charge in [-0.05, 0) is 44.4 Å². The summed E-state index contributed by atoms with van der Waals surface area (Å²) in [5.41, 5.74) is 4.41. The molecule has 2 atom stereocenters. The minimum atomic E-state index is 0.000428. The lowest BCUT2D eigenvalue weighted by atomic mass is 9.96. The molecule has 26 heavy (non-hydrogen) atoms. The number of hydrogen-bond acceptors (Lipinski definition) is 5. The normalized spacial score (nSPS) is 18.7. The first kappa shape index (κ1) is 19.2. The largest absolute Gasteiger partial charge is 0.325 e. The molecule has 0 bridgehead atoms. The van der Waals surface area contributed by atoms with Crippen LogP contribution in [0.2, 0.25) is 0 Å². The van der Waals surface area contributed by atoms with Crippen molar-refractivity contribution in [2.45, 2.75) is 62.3 Å². The first-order valence-corrected chi connectivity index (χ1v) is 10.8. The summed E-state index contributed by atoms with van der Waals surface area (Å²) in [6.45, 7) is 10.5. The maximum absolute atomic E-state index is 12.5.